The molecule has 1 aromatic heterocycles. The molecule has 0 atom stereocenters. The summed E-state index contributed by atoms with van der Waals surface area (Å²) < 4.78 is 5.36. The fourth-order valence-corrected chi connectivity index (χ4v) is 3.41. The summed E-state index contributed by atoms with van der Waals surface area (Å²) in [7, 11) is 1.63. The summed E-state index contributed by atoms with van der Waals surface area (Å²) in [6.07, 6.45) is 2.28. The molecule has 1 N–H and O–H groups in total. The Morgan fingerprint density at radius 2 is 2.20 bits per heavy atom. The van der Waals surface area contributed by atoms with Crippen LogP contribution >= 0.6 is 11.3 Å². The van der Waals surface area contributed by atoms with Crippen molar-refractivity contribution in [1.82, 2.24) is 4.98 Å². The van der Waals surface area contributed by atoms with E-state index in [0.29, 0.717) is 5.92 Å². The van der Waals surface area contributed by atoms with Gasteiger partial charge in [0.2, 0.25) is 0 Å². The number of thiazole rings is 1. The number of carboxylic acids is 1. The van der Waals surface area contributed by atoms with Crippen molar-refractivity contribution < 1.29 is 14.6 Å². The van der Waals surface area contributed by atoms with Crippen LogP contribution in [0.25, 0.3) is 10.6 Å². The summed E-state index contributed by atoms with van der Waals surface area (Å²) in [4.78, 5) is 16.5. The molecule has 4 nitrogen and oxygen atoms in total. The number of benzene rings is 1. The maximum Gasteiger partial charge on any atom is 0.308 e. The Bertz CT molecular complexity index is 646. The van der Waals surface area contributed by atoms with Crippen LogP contribution in [0.2, 0.25) is 0 Å². The van der Waals surface area contributed by atoms with Gasteiger partial charge in [0.05, 0.1) is 24.8 Å². The molecule has 3 rings (SSSR count). The van der Waals surface area contributed by atoms with Gasteiger partial charge in [-0.2, -0.15) is 0 Å². The van der Waals surface area contributed by atoms with Crippen LogP contribution in [-0.2, 0) is 11.2 Å². The summed E-state index contributed by atoms with van der Waals surface area (Å²) in [5, 5.41) is 9.88. The molecule has 0 unspecified atom stereocenters. The van der Waals surface area contributed by atoms with E-state index in [4.69, 9.17) is 9.84 Å². The van der Waals surface area contributed by atoms with E-state index in [-0.39, 0.29) is 6.42 Å². The number of carbonyl (C=O) groups is 1. The van der Waals surface area contributed by atoms with E-state index >= 15 is 0 Å². The quantitative estimate of drug-likeness (QED) is 0.917. The predicted octanol–water partition coefficient (Wildman–Crippen LogP) is 3.32. The van der Waals surface area contributed by atoms with Crippen molar-refractivity contribution in [2.45, 2.75) is 25.2 Å². The minimum Gasteiger partial charge on any atom is -0.496 e. The molecule has 0 bridgehead atoms. The lowest BCUT2D eigenvalue weighted by Crippen LogP contribution is -2.00. The maximum absolute atomic E-state index is 11.0. The van der Waals surface area contributed by atoms with Gasteiger partial charge in [0.15, 0.2) is 0 Å². The number of ether oxygens (including phenoxy) is 1. The van der Waals surface area contributed by atoms with Gasteiger partial charge < -0.3 is 9.84 Å². The highest BCUT2D eigenvalue weighted by atomic mass is 32.1. The Kier molecular flexibility index (Phi) is 3.44. The summed E-state index contributed by atoms with van der Waals surface area (Å²) in [6, 6.07) is 7.70. The lowest BCUT2D eigenvalue weighted by molar-refractivity contribution is -0.136. The fourth-order valence-electron chi connectivity index (χ4n) is 2.24. The van der Waals surface area contributed by atoms with Gasteiger partial charge in [-0.3, -0.25) is 4.79 Å². The van der Waals surface area contributed by atoms with Crippen LogP contribution in [0.1, 0.15) is 29.3 Å². The number of hydrogen-bond donors (Lipinski definition) is 1. The molecule has 0 amide bonds. The monoisotopic (exact) mass is 289 g/mol. The third-order valence-electron chi connectivity index (χ3n) is 3.34. The normalized spacial score (nSPS) is 14.2. The Hall–Kier alpha value is -1.88. The van der Waals surface area contributed by atoms with Crippen LogP contribution in [0.15, 0.2) is 24.3 Å². The van der Waals surface area contributed by atoms with Crippen molar-refractivity contribution in [3.05, 3.63) is 34.8 Å². The van der Waals surface area contributed by atoms with Gasteiger partial charge in [-0.25, -0.2) is 4.98 Å². The molecule has 1 heterocycles. The van der Waals surface area contributed by atoms with E-state index in [1.165, 1.54) is 11.3 Å². The number of aliphatic carboxylic acids is 1. The molecule has 5 heteroatoms. The average Bonchev–Trinajstić information content (AvgIpc) is 3.20. The van der Waals surface area contributed by atoms with Gasteiger partial charge in [0, 0.05) is 10.8 Å². The molecule has 1 saturated carbocycles. The average molecular weight is 289 g/mol. The van der Waals surface area contributed by atoms with E-state index in [0.717, 1.165) is 39.7 Å². The topological polar surface area (TPSA) is 59.4 Å². The first-order valence-electron chi connectivity index (χ1n) is 6.54. The molecule has 0 spiro atoms. The number of nitrogens with zero attached hydrogens (tertiary/aromatic N) is 1. The van der Waals surface area contributed by atoms with Crippen LogP contribution in [0, 0.1) is 0 Å². The van der Waals surface area contributed by atoms with Crippen LogP contribution in [0.3, 0.4) is 0 Å². The molecule has 1 fully saturated rings. The second kappa shape index (κ2) is 5.25. The number of aromatic nitrogens is 1. The van der Waals surface area contributed by atoms with Gasteiger partial charge in [-0.1, -0.05) is 12.1 Å². The molecule has 1 aromatic carbocycles. The van der Waals surface area contributed by atoms with Crippen molar-refractivity contribution in [1.29, 1.82) is 0 Å². The molecule has 0 aliphatic heterocycles. The zero-order valence-electron chi connectivity index (χ0n) is 11.1. The lowest BCUT2D eigenvalue weighted by Gasteiger charge is -2.04. The van der Waals surface area contributed by atoms with Crippen LogP contribution < -0.4 is 4.74 Å². The van der Waals surface area contributed by atoms with Gasteiger partial charge in [-0.05, 0) is 25.0 Å². The Morgan fingerprint density at radius 3 is 2.85 bits per heavy atom. The molecule has 0 radical (unpaired) electrons. The minimum absolute atomic E-state index is 0.0542. The highest BCUT2D eigenvalue weighted by molar-refractivity contribution is 7.15. The zero-order valence-corrected chi connectivity index (χ0v) is 11.9. The Balaban J connectivity index is 2.03. The fraction of sp³-hybridized carbons (Fsp3) is 0.333. The Labute approximate surface area is 121 Å². The van der Waals surface area contributed by atoms with Crippen molar-refractivity contribution in [2.24, 2.45) is 0 Å². The van der Waals surface area contributed by atoms with Gasteiger partial charge in [-0.15, -0.1) is 11.3 Å². The molecule has 2 aromatic rings. The third kappa shape index (κ3) is 2.54. The van der Waals surface area contributed by atoms with E-state index in [1.807, 2.05) is 24.3 Å². The minimum atomic E-state index is -0.804. The lowest BCUT2D eigenvalue weighted by atomic mass is 10.2. The highest BCUT2D eigenvalue weighted by Gasteiger charge is 2.30. The standard InChI is InChI=1S/C15H15NO3S/c1-19-11-5-3-2-4-10(11)15-16-14(9-6-7-9)12(20-15)8-13(17)18/h2-5,9H,6-8H2,1H3,(H,17,18). The number of para-hydroxylation sites is 1. The van der Waals surface area contributed by atoms with E-state index in [1.54, 1.807) is 7.11 Å². The second-order valence-electron chi connectivity index (χ2n) is 4.87. The van der Waals surface area contributed by atoms with Crippen molar-refractivity contribution in [3.63, 3.8) is 0 Å². The SMILES string of the molecule is COc1ccccc1-c1nc(C2CC2)c(CC(=O)O)s1. The molecule has 104 valence electrons. The van der Waals surface area contributed by atoms with E-state index in [9.17, 15) is 4.79 Å². The van der Waals surface area contributed by atoms with E-state index < -0.39 is 5.97 Å². The first-order valence-corrected chi connectivity index (χ1v) is 7.35. The maximum atomic E-state index is 11.0. The van der Waals surface area contributed by atoms with Gasteiger partial charge >= 0.3 is 5.97 Å². The Morgan fingerprint density at radius 1 is 1.45 bits per heavy atom. The molecule has 20 heavy (non-hydrogen) atoms. The molecule has 1 aliphatic rings. The number of rotatable bonds is 5. The van der Waals surface area contributed by atoms with Crippen LogP contribution in [-0.4, -0.2) is 23.2 Å². The first-order chi connectivity index (χ1) is 9.69. The smallest absolute Gasteiger partial charge is 0.308 e. The summed E-state index contributed by atoms with van der Waals surface area (Å²) in [6.45, 7) is 0. The van der Waals surface area contributed by atoms with Crippen LogP contribution in [0.5, 0.6) is 5.75 Å². The van der Waals surface area contributed by atoms with Crippen molar-refractivity contribution >= 4 is 17.3 Å². The molecular formula is C15H15NO3S. The number of carboxylic acid groups (broad SMARTS) is 1. The molecule has 0 saturated heterocycles. The highest BCUT2D eigenvalue weighted by Crippen LogP contribution is 2.45. The number of hydrogen-bond acceptors (Lipinski definition) is 4. The van der Waals surface area contributed by atoms with Crippen LogP contribution in [0.4, 0.5) is 0 Å². The first kappa shape index (κ1) is 13.1. The summed E-state index contributed by atoms with van der Waals surface area (Å²) in [5.74, 6) is 0.414. The largest absolute Gasteiger partial charge is 0.496 e. The summed E-state index contributed by atoms with van der Waals surface area (Å²) in [5.41, 5.74) is 1.90. The molecular weight excluding hydrogens is 274 g/mol. The van der Waals surface area contributed by atoms with E-state index in [2.05, 4.69) is 4.98 Å². The number of methoxy groups -OCH3 is 1. The second-order valence-corrected chi connectivity index (χ2v) is 5.96. The van der Waals surface area contributed by atoms with Gasteiger partial charge in [0.1, 0.15) is 10.8 Å². The third-order valence-corrected chi connectivity index (χ3v) is 4.45. The predicted molar refractivity (Wildman–Crippen MR) is 77.4 cm³/mol. The zero-order chi connectivity index (χ0) is 14.1. The summed E-state index contributed by atoms with van der Waals surface area (Å²) >= 11 is 1.47. The van der Waals surface area contributed by atoms with Gasteiger partial charge in [0.25, 0.3) is 0 Å². The van der Waals surface area contributed by atoms with Crippen molar-refractivity contribution in [2.75, 3.05) is 7.11 Å². The van der Waals surface area contributed by atoms with Crippen molar-refractivity contribution in [3.8, 4) is 16.3 Å². The molecule has 1 aliphatic carbocycles.